The Balaban J connectivity index is 1.54. The second-order valence-corrected chi connectivity index (χ2v) is 9.74. The molecule has 3 aliphatic heterocycles. The molecule has 1 unspecified atom stereocenters. The maximum Gasteiger partial charge on any atom is 0.335 e. The topological polar surface area (TPSA) is 88.2 Å². The summed E-state index contributed by atoms with van der Waals surface area (Å²) in [4.78, 5) is 41.8. The second kappa shape index (κ2) is 7.62. The average Bonchev–Trinajstić information content (AvgIpc) is 3.23. The molecule has 3 heterocycles. The van der Waals surface area contributed by atoms with Gasteiger partial charge in [0.15, 0.2) is 11.5 Å². The van der Waals surface area contributed by atoms with Crippen LogP contribution in [0, 0.1) is 6.92 Å². The van der Waals surface area contributed by atoms with Gasteiger partial charge in [-0.2, -0.15) is 0 Å². The van der Waals surface area contributed by atoms with Crippen LogP contribution in [0.25, 0.3) is 6.08 Å². The first kappa shape index (κ1) is 22.0. The van der Waals surface area contributed by atoms with Crippen molar-refractivity contribution < 1.29 is 23.9 Å². The number of carbonyl (C=O) groups excluding carboxylic acids is 3. The average molecular weight is 462 g/mol. The quantitative estimate of drug-likeness (QED) is 0.535. The Morgan fingerprint density at radius 3 is 2.59 bits per heavy atom. The highest BCUT2D eigenvalue weighted by Gasteiger charge is 2.38. The van der Waals surface area contributed by atoms with Crippen molar-refractivity contribution in [2.24, 2.45) is 0 Å². The molecule has 8 nitrogen and oxygen atoms in total. The molecular weight excluding hydrogens is 434 g/mol. The number of nitrogens with one attached hydrogen (secondary N) is 1. The fourth-order valence-electron chi connectivity index (χ4n) is 4.96. The number of rotatable bonds is 2. The summed E-state index contributed by atoms with van der Waals surface area (Å²) in [5.41, 5.74) is 4.27. The highest BCUT2D eigenvalue weighted by atomic mass is 16.7. The number of benzene rings is 2. The Hall–Kier alpha value is -3.81. The van der Waals surface area contributed by atoms with Crippen molar-refractivity contribution in [2.75, 3.05) is 23.6 Å². The van der Waals surface area contributed by atoms with Gasteiger partial charge in [0, 0.05) is 24.3 Å². The summed E-state index contributed by atoms with van der Waals surface area (Å²) in [7, 11) is 2.09. The van der Waals surface area contributed by atoms with Gasteiger partial charge in [0.1, 0.15) is 5.57 Å². The first-order chi connectivity index (χ1) is 16.1. The molecule has 0 radical (unpaired) electrons. The summed E-state index contributed by atoms with van der Waals surface area (Å²) in [6, 6.07) is 8.12. The molecule has 34 heavy (non-hydrogen) atoms. The molecule has 1 saturated heterocycles. The Morgan fingerprint density at radius 1 is 1.09 bits per heavy atom. The monoisotopic (exact) mass is 461 g/mol. The number of anilines is 2. The molecule has 0 spiro atoms. The molecule has 8 heteroatoms. The lowest BCUT2D eigenvalue weighted by molar-refractivity contribution is -0.122. The largest absolute Gasteiger partial charge is 0.454 e. The number of aryl methyl sites for hydroxylation is 1. The van der Waals surface area contributed by atoms with Gasteiger partial charge in [-0.3, -0.25) is 14.9 Å². The third-order valence-electron chi connectivity index (χ3n) is 7.04. The van der Waals surface area contributed by atoms with Crippen LogP contribution in [0.3, 0.4) is 0 Å². The van der Waals surface area contributed by atoms with Crippen molar-refractivity contribution >= 4 is 35.3 Å². The maximum absolute atomic E-state index is 13.3. The van der Waals surface area contributed by atoms with Crippen molar-refractivity contribution in [1.29, 1.82) is 0 Å². The minimum atomic E-state index is -0.800. The third kappa shape index (κ3) is 3.41. The predicted octanol–water partition coefficient (Wildman–Crippen LogP) is 4.11. The van der Waals surface area contributed by atoms with Gasteiger partial charge in [-0.05, 0) is 80.1 Å². The van der Waals surface area contributed by atoms with E-state index in [4.69, 9.17) is 9.47 Å². The molecule has 0 aliphatic carbocycles. The van der Waals surface area contributed by atoms with Crippen molar-refractivity contribution in [3.8, 4) is 11.5 Å². The van der Waals surface area contributed by atoms with Gasteiger partial charge in [-0.25, -0.2) is 9.69 Å². The van der Waals surface area contributed by atoms with E-state index in [1.807, 2.05) is 6.92 Å². The zero-order chi connectivity index (χ0) is 24.4. The molecule has 5 rings (SSSR count). The van der Waals surface area contributed by atoms with E-state index in [-0.39, 0.29) is 17.9 Å². The van der Waals surface area contributed by atoms with Gasteiger partial charge in [-0.15, -0.1) is 0 Å². The molecule has 2 aromatic rings. The summed E-state index contributed by atoms with van der Waals surface area (Å²) < 4.78 is 10.7. The Kier molecular flexibility index (Phi) is 4.93. The van der Waals surface area contributed by atoms with Gasteiger partial charge < -0.3 is 14.4 Å². The number of amides is 4. The summed E-state index contributed by atoms with van der Waals surface area (Å²) >= 11 is 0. The number of imide groups is 2. The van der Waals surface area contributed by atoms with Gasteiger partial charge in [-0.1, -0.05) is 6.92 Å². The van der Waals surface area contributed by atoms with E-state index in [1.165, 1.54) is 5.56 Å². The third-order valence-corrected chi connectivity index (χ3v) is 7.04. The molecule has 176 valence electrons. The van der Waals surface area contributed by atoms with E-state index in [1.54, 1.807) is 24.3 Å². The SMILES string of the molecule is Cc1cc2c(cc1/C=C1/C(=O)NC(=O)N(c3ccc4c(c3)OCO4)C1=O)C(C)CC(C)(C)N2C. The van der Waals surface area contributed by atoms with Gasteiger partial charge in [0.25, 0.3) is 11.8 Å². The molecule has 1 fully saturated rings. The molecule has 1 N–H and O–H groups in total. The van der Waals surface area contributed by atoms with Crippen LogP contribution in [0.1, 0.15) is 49.8 Å². The molecule has 0 saturated carbocycles. The first-order valence-corrected chi connectivity index (χ1v) is 11.3. The molecule has 0 bridgehead atoms. The highest BCUT2D eigenvalue weighted by Crippen LogP contribution is 2.44. The van der Waals surface area contributed by atoms with E-state index in [0.717, 1.165) is 28.1 Å². The maximum atomic E-state index is 13.3. The van der Waals surface area contributed by atoms with Gasteiger partial charge >= 0.3 is 6.03 Å². The highest BCUT2D eigenvalue weighted by molar-refractivity contribution is 6.39. The van der Waals surface area contributed by atoms with Crippen molar-refractivity contribution in [1.82, 2.24) is 5.32 Å². The van der Waals surface area contributed by atoms with E-state index < -0.39 is 17.8 Å². The normalized spacial score (nSPS) is 22.2. The number of carbonyl (C=O) groups is 3. The van der Waals surface area contributed by atoms with Gasteiger partial charge in [0.05, 0.1) is 5.69 Å². The number of fused-ring (bicyclic) bond motifs is 2. The Morgan fingerprint density at radius 2 is 1.82 bits per heavy atom. The van der Waals surface area contributed by atoms with E-state index in [2.05, 4.69) is 50.2 Å². The van der Waals surface area contributed by atoms with Crippen molar-refractivity contribution in [3.63, 3.8) is 0 Å². The van der Waals surface area contributed by atoms with Crippen molar-refractivity contribution in [3.05, 3.63) is 52.6 Å². The molecular formula is C26H27N3O5. The van der Waals surface area contributed by atoms with Crippen molar-refractivity contribution in [2.45, 2.75) is 45.6 Å². The fourth-order valence-corrected chi connectivity index (χ4v) is 4.96. The predicted molar refractivity (Wildman–Crippen MR) is 128 cm³/mol. The smallest absolute Gasteiger partial charge is 0.335 e. The van der Waals surface area contributed by atoms with Crippen LogP contribution in [0.15, 0.2) is 35.9 Å². The lowest BCUT2D eigenvalue weighted by Crippen LogP contribution is -2.54. The number of barbiturate groups is 1. The Labute approximate surface area is 198 Å². The van der Waals surface area contributed by atoms with Crippen LogP contribution in [0.5, 0.6) is 11.5 Å². The number of hydrogen-bond acceptors (Lipinski definition) is 6. The number of nitrogens with zero attached hydrogens (tertiary/aromatic N) is 2. The minimum Gasteiger partial charge on any atom is -0.454 e. The summed E-state index contributed by atoms with van der Waals surface area (Å²) in [6.45, 7) is 8.68. The number of ether oxygens (including phenoxy) is 2. The lowest BCUT2D eigenvalue weighted by Gasteiger charge is -2.45. The van der Waals surface area contributed by atoms with E-state index in [9.17, 15) is 14.4 Å². The van der Waals surface area contributed by atoms with Crippen LogP contribution >= 0.6 is 0 Å². The van der Waals surface area contributed by atoms with Gasteiger partial charge in [0.2, 0.25) is 6.79 Å². The molecule has 4 amide bonds. The number of hydrogen-bond donors (Lipinski definition) is 1. The zero-order valence-corrected chi connectivity index (χ0v) is 19.9. The molecule has 1 atom stereocenters. The van der Waals surface area contributed by atoms with Crippen LogP contribution in [0.4, 0.5) is 16.2 Å². The van der Waals surface area contributed by atoms with Crippen LogP contribution < -0.4 is 24.6 Å². The van der Waals surface area contributed by atoms with E-state index in [0.29, 0.717) is 23.1 Å². The molecule has 2 aromatic carbocycles. The Bertz CT molecular complexity index is 1280. The summed E-state index contributed by atoms with van der Waals surface area (Å²) in [5, 5.41) is 2.28. The summed E-state index contributed by atoms with van der Waals surface area (Å²) in [5.74, 6) is -0.104. The molecule has 0 aromatic heterocycles. The second-order valence-electron chi connectivity index (χ2n) is 9.74. The van der Waals surface area contributed by atoms with Crippen LogP contribution in [-0.2, 0) is 9.59 Å². The standard InChI is InChI=1S/C26H27N3O5/c1-14-8-20-18(15(2)12-26(3,4)28(20)5)9-16(14)10-19-23(30)27-25(32)29(24(19)31)17-6-7-21-22(11-17)34-13-33-21/h6-11,15H,12-13H2,1-5H3,(H,27,30,32)/b19-10-. The first-order valence-electron chi connectivity index (χ1n) is 11.3. The van der Waals surface area contributed by atoms with E-state index >= 15 is 0 Å². The zero-order valence-electron chi connectivity index (χ0n) is 19.9. The van der Waals surface area contributed by atoms with Crippen LogP contribution in [0.2, 0.25) is 0 Å². The number of urea groups is 1. The van der Waals surface area contributed by atoms with Crippen LogP contribution in [-0.4, -0.2) is 37.2 Å². The minimum absolute atomic E-state index is 0.0313. The molecule has 3 aliphatic rings. The fraction of sp³-hybridized carbons (Fsp3) is 0.346. The lowest BCUT2D eigenvalue weighted by atomic mass is 9.79. The summed E-state index contributed by atoms with van der Waals surface area (Å²) in [6.07, 6.45) is 2.56.